The zero-order valence-electron chi connectivity index (χ0n) is 10.4. The second kappa shape index (κ2) is 6.17. The van der Waals surface area contributed by atoms with Crippen LogP contribution in [0, 0.1) is 11.8 Å². The van der Waals surface area contributed by atoms with Crippen molar-refractivity contribution in [3.63, 3.8) is 0 Å². The average Bonchev–Trinajstić information content (AvgIpc) is 2.88. The highest BCUT2D eigenvalue weighted by atomic mass is 32.2. The fourth-order valence-corrected chi connectivity index (χ4v) is 3.28. The smallest absolute Gasteiger partial charge is 0.242 e. The van der Waals surface area contributed by atoms with Crippen LogP contribution in [0.4, 0.5) is 0 Å². The monoisotopic (exact) mass is 280 g/mol. The summed E-state index contributed by atoms with van der Waals surface area (Å²) in [4.78, 5) is 0.183. The first-order valence-electron chi connectivity index (χ1n) is 6.01. The van der Waals surface area contributed by atoms with Gasteiger partial charge in [0.2, 0.25) is 10.0 Å². The normalized spacial score (nSPS) is 18.9. The second-order valence-electron chi connectivity index (χ2n) is 4.18. The summed E-state index contributed by atoms with van der Waals surface area (Å²) in [7, 11) is -3.58. The lowest BCUT2D eigenvalue weighted by atomic mass is 10.2. The number of sulfonamides is 1. The first kappa shape index (κ1) is 14.0. The van der Waals surface area contributed by atoms with E-state index in [2.05, 4.69) is 16.6 Å². The molecule has 0 aliphatic carbocycles. The van der Waals surface area contributed by atoms with Crippen LogP contribution in [-0.2, 0) is 14.8 Å². The fraction of sp³-hybridized carbons (Fsp3) is 0.385. The molecular formula is C13H16N2O3S. The van der Waals surface area contributed by atoms with E-state index in [1.54, 1.807) is 24.3 Å². The van der Waals surface area contributed by atoms with Crippen LogP contribution in [0.3, 0.4) is 0 Å². The molecule has 1 aliphatic rings. The first-order chi connectivity index (χ1) is 9.13. The van der Waals surface area contributed by atoms with E-state index in [9.17, 15) is 8.42 Å². The Morgan fingerprint density at radius 1 is 1.42 bits per heavy atom. The lowest BCUT2D eigenvalue weighted by molar-refractivity contribution is 0.192. The highest BCUT2D eigenvalue weighted by molar-refractivity contribution is 7.89. The van der Waals surface area contributed by atoms with Crippen molar-refractivity contribution < 1.29 is 13.2 Å². The van der Waals surface area contributed by atoms with Crippen molar-refractivity contribution in [1.29, 1.82) is 0 Å². The molecule has 0 spiro atoms. The van der Waals surface area contributed by atoms with Gasteiger partial charge >= 0.3 is 0 Å². The minimum atomic E-state index is -3.58. The lowest BCUT2D eigenvalue weighted by Gasteiger charge is -2.12. The summed E-state index contributed by atoms with van der Waals surface area (Å²) in [5.41, 5.74) is 5.77. The third-order valence-electron chi connectivity index (χ3n) is 2.75. The first-order valence-corrected chi connectivity index (χ1v) is 7.50. The molecule has 1 aliphatic heterocycles. The molecule has 0 bridgehead atoms. The third kappa shape index (κ3) is 3.55. The molecule has 1 atom stereocenters. The summed E-state index contributed by atoms with van der Waals surface area (Å²) in [6.07, 6.45) is 0.690. The largest absolute Gasteiger partial charge is 0.380 e. The zero-order valence-corrected chi connectivity index (χ0v) is 11.2. The molecule has 0 radical (unpaired) electrons. The van der Waals surface area contributed by atoms with E-state index in [1.165, 1.54) is 0 Å². The van der Waals surface area contributed by atoms with Gasteiger partial charge in [-0.2, -0.15) is 0 Å². The van der Waals surface area contributed by atoms with Gasteiger partial charge in [0.15, 0.2) is 0 Å². The number of benzene rings is 1. The van der Waals surface area contributed by atoms with E-state index in [4.69, 9.17) is 10.5 Å². The van der Waals surface area contributed by atoms with Crippen LogP contribution in [0.5, 0.6) is 0 Å². The van der Waals surface area contributed by atoms with Crippen LogP contribution < -0.4 is 10.5 Å². The molecule has 0 amide bonds. The Labute approximate surface area is 113 Å². The van der Waals surface area contributed by atoms with Crippen LogP contribution in [0.1, 0.15) is 12.0 Å². The summed E-state index contributed by atoms with van der Waals surface area (Å²) in [5.74, 6) is 5.45. The van der Waals surface area contributed by atoms with Crippen molar-refractivity contribution in [3.8, 4) is 11.8 Å². The molecule has 1 heterocycles. The van der Waals surface area contributed by atoms with Gasteiger partial charge in [-0.25, -0.2) is 13.1 Å². The maximum Gasteiger partial charge on any atom is 0.242 e. The molecule has 102 valence electrons. The number of hydrogen-bond donors (Lipinski definition) is 2. The maximum absolute atomic E-state index is 12.3. The summed E-state index contributed by atoms with van der Waals surface area (Å²) < 4.78 is 32.4. The highest BCUT2D eigenvalue weighted by Crippen LogP contribution is 2.16. The molecule has 0 saturated carbocycles. The van der Waals surface area contributed by atoms with Gasteiger partial charge in [0.1, 0.15) is 0 Å². The molecule has 1 saturated heterocycles. The quantitative estimate of drug-likeness (QED) is 0.767. The van der Waals surface area contributed by atoms with Crippen molar-refractivity contribution in [3.05, 3.63) is 29.8 Å². The standard InChI is InChI=1S/C13H16N2O3S/c14-8-3-5-11-4-1-2-6-13(11)19(16,17)15-12-7-9-18-10-12/h1-2,4,6,12,15H,7-10,14H2. The van der Waals surface area contributed by atoms with Gasteiger partial charge in [-0.3, -0.25) is 0 Å². The van der Waals surface area contributed by atoms with Gasteiger partial charge in [0.25, 0.3) is 0 Å². The fourth-order valence-electron chi connectivity index (χ4n) is 1.86. The van der Waals surface area contributed by atoms with Crippen LogP contribution in [-0.4, -0.2) is 34.2 Å². The number of rotatable bonds is 3. The molecule has 1 aromatic carbocycles. The summed E-state index contributed by atoms with van der Waals surface area (Å²) in [6.45, 7) is 1.19. The number of nitrogens with two attached hydrogens (primary N) is 1. The molecule has 1 unspecified atom stereocenters. The predicted octanol–water partition coefficient (Wildman–Crippen LogP) is 0.0640. The third-order valence-corrected chi connectivity index (χ3v) is 4.33. The Balaban J connectivity index is 2.28. The topological polar surface area (TPSA) is 81.4 Å². The van der Waals surface area contributed by atoms with E-state index in [1.807, 2.05) is 0 Å². The van der Waals surface area contributed by atoms with Crippen LogP contribution in [0.2, 0.25) is 0 Å². The van der Waals surface area contributed by atoms with Gasteiger partial charge in [-0.05, 0) is 18.6 Å². The average molecular weight is 280 g/mol. The Kier molecular flexibility index (Phi) is 4.56. The van der Waals surface area contributed by atoms with Crippen LogP contribution in [0.25, 0.3) is 0 Å². The Morgan fingerprint density at radius 2 is 2.21 bits per heavy atom. The van der Waals surface area contributed by atoms with Gasteiger partial charge in [0, 0.05) is 18.2 Å². The molecular weight excluding hydrogens is 264 g/mol. The van der Waals surface area contributed by atoms with Crippen LogP contribution >= 0.6 is 0 Å². The Hall–Kier alpha value is -1.39. The number of ether oxygens (including phenoxy) is 1. The SMILES string of the molecule is NCC#Cc1ccccc1S(=O)(=O)NC1CCOC1. The van der Waals surface area contributed by atoms with Gasteiger partial charge < -0.3 is 10.5 Å². The molecule has 6 heteroatoms. The maximum atomic E-state index is 12.3. The van der Waals surface area contributed by atoms with Crippen molar-refractivity contribution in [2.45, 2.75) is 17.4 Å². The number of nitrogens with one attached hydrogen (secondary N) is 1. The molecule has 1 aromatic rings. The highest BCUT2D eigenvalue weighted by Gasteiger charge is 2.24. The molecule has 5 nitrogen and oxygen atoms in total. The molecule has 1 fully saturated rings. The summed E-state index contributed by atoms with van der Waals surface area (Å²) >= 11 is 0. The molecule has 19 heavy (non-hydrogen) atoms. The van der Waals surface area contributed by atoms with E-state index < -0.39 is 10.0 Å². The van der Waals surface area contributed by atoms with Gasteiger partial charge in [-0.15, -0.1) is 0 Å². The molecule has 0 aromatic heterocycles. The van der Waals surface area contributed by atoms with E-state index >= 15 is 0 Å². The van der Waals surface area contributed by atoms with Crippen molar-refractivity contribution in [1.82, 2.24) is 4.72 Å². The summed E-state index contributed by atoms with van der Waals surface area (Å²) in [6, 6.07) is 6.47. The van der Waals surface area contributed by atoms with Gasteiger partial charge in [0.05, 0.1) is 18.0 Å². The predicted molar refractivity (Wildman–Crippen MR) is 71.9 cm³/mol. The molecule has 3 N–H and O–H groups in total. The Bertz CT molecular complexity index is 596. The second-order valence-corrected chi connectivity index (χ2v) is 5.87. The minimum absolute atomic E-state index is 0.166. The summed E-state index contributed by atoms with van der Waals surface area (Å²) in [5, 5.41) is 0. The zero-order chi connectivity index (χ0) is 13.7. The number of hydrogen-bond acceptors (Lipinski definition) is 4. The van der Waals surface area contributed by atoms with E-state index in [0.29, 0.717) is 25.2 Å². The van der Waals surface area contributed by atoms with Crippen molar-refractivity contribution >= 4 is 10.0 Å². The van der Waals surface area contributed by atoms with Crippen molar-refractivity contribution in [2.75, 3.05) is 19.8 Å². The van der Waals surface area contributed by atoms with E-state index in [0.717, 1.165) is 0 Å². The minimum Gasteiger partial charge on any atom is -0.380 e. The van der Waals surface area contributed by atoms with Crippen LogP contribution in [0.15, 0.2) is 29.2 Å². The van der Waals surface area contributed by atoms with Gasteiger partial charge in [-0.1, -0.05) is 24.0 Å². The Morgan fingerprint density at radius 3 is 2.89 bits per heavy atom. The van der Waals surface area contributed by atoms with Crippen molar-refractivity contribution in [2.24, 2.45) is 5.73 Å². The lowest BCUT2D eigenvalue weighted by Crippen LogP contribution is -2.35. The van der Waals surface area contributed by atoms with E-state index in [-0.39, 0.29) is 17.5 Å². The molecule has 2 rings (SSSR count).